The zero-order chi connectivity index (χ0) is 11.4. The number of para-hydroxylation sites is 1. The fourth-order valence-corrected chi connectivity index (χ4v) is 1.37. The Morgan fingerprint density at radius 2 is 2.13 bits per heavy atom. The molecule has 0 unspecified atom stereocenters. The van der Waals surface area contributed by atoms with E-state index < -0.39 is 0 Å². The number of ether oxygens (including phenoxy) is 1. The van der Waals surface area contributed by atoms with E-state index in [-0.39, 0.29) is 17.5 Å². The van der Waals surface area contributed by atoms with Crippen molar-refractivity contribution in [3.63, 3.8) is 0 Å². The van der Waals surface area contributed by atoms with Crippen molar-refractivity contribution < 1.29 is 14.6 Å². The molecule has 0 atom stereocenters. The molecular formula is C12H16O3. The third-order valence-electron chi connectivity index (χ3n) is 2.21. The molecule has 82 valence electrons. The number of Topliss-reactive ketones (excluding diaryl/α,β-unsaturated/α-hetero) is 1. The van der Waals surface area contributed by atoms with Crippen LogP contribution in [0.2, 0.25) is 0 Å². The van der Waals surface area contributed by atoms with Gasteiger partial charge >= 0.3 is 0 Å². The molecule has 0 heterocycles. The second-order valence-corrected chi connectivity index (χ2v) is 3.77. The molecule has 0 aliphatic carbocycles. The molecule has 0 fully saturated rings. The average molecular weight is 208 g/mol. The summed E-state index contributed by atoms with van der Waals surface area (Å²) >= 11 is 0. The predicted octanol–water partition coefficient (Wildman–Crippen LogP) is 2.38. The third kappa shape index (κ3) is 2.57. The number of methoxy groups -OCH3 is 1. The van der Waals surface area contributed by atoms with Gasteiger partial charge < -0.3 is 9.84 Å². The maximum absolute atomic E-state index is 11.7. The van der Waals surface area contributed by atoms with Gasteiger partial charge in [0.25, 0.3) is 0 Å². The summed E-state index contributed by atoms with van der Waals surface area (Å²) in [7, 11) is 1.55. The lowest BCUT2D eigenvalue weighted by Gasteiger charge is -2.09. The molecule has 0 saturated carbocycles. The lowest BCUT2D eigenvalue weighted by atomic mass is 9.98. The van der Waals surface area contributed by atoms with E-state index in [1.54, 1.807) is 25.3 Å². The van der Waals surface area contributed by atoms with Gasteiger partial charge in [-0.25, -0.2) is 0 Å². The summed E-state index contributed by atoms with van der Waals surface area (Å²) in [6.07, 6.45) is 0. The fraction of sp³-hybridized carbons (Fsp3) is 0.417. The number of phenolic OH excluding ortho intramolecular Hbond substituents is 1. The Kier molecular flexibility index (Phi) is 3.86. The van der Waals surface area contributed by atoms with Crippen LogP contribution in [0.3, 0.4) is 0 Å². The van der Waals surface area contributed by atoms with Crippen LogP contribution in [0.5, 0.6) is 5.75 Å². The zero-order valence-electron chi connectivity index (χ0n) is 9.28. The molecule has 0 aliphatic rings. The van der Waals surface area contributed by atoms with Crippen molar-refractivity contribution in [1.82, 2.24) is 0 Å². The van der Waals surface area contributed by atoms with Crippen LogP contribution in [0.25, 0.3) is 0 Å². The maximum Gasteiger partial charge on any atom is 0.169 e. The van der Waals surface area contributed by atoms with Gasteiger partial charge in [-0.1, -0.05) is 26.0 Å². The summed E-state index contributed by atoms with van der Waals surface area (Å²) in [5.41, 5.74) is 1.02. The van der Waals surface area contributed by atoms with E-state index in [1.807, 2.05) is 13.8 Å². The molecule has 0 radical (unpaired) electrons. The molecule has 1 rings (SSSR count). The van der Waals surface area contributed by atoms with E-state index in [2.05, 4.69) is 0 Å². The van der Waals surface area contributed by atoms with Gasteiger partial charge in [0.15, 0.2) is 5.78 Å². The van der Waals surface area contributed by atoms with Gasteiger partial charge in [0.05, 0.1) is 12.2 Å². The minimum atomic E-state index is -0.117. The van der Waals surface area contributed by atoms with Crippen LogP contribution < -0.4 is 0 Å². The molecule has 3 nitrogen and oxygen atoms in total. The molecule has 0 aromatic heterocycles. The number of rotatable bonds is 4. The van der Waals surface area contributed by atoms with Crippen molar-refractivity contribution in [1.29, 1.82) is 0 Å². The highest BCUT2D eigenvalue weighted by Gasteiger charge is 2.16. The van der Waals surface area contributed by atoms with Crippen LogP contribution in [0.15, 0.2) is 18.2 Å². The highest BCUT2D eigenvalue weighted by molar-refractivity contribution is 6.00. The number of phenols is 1. The number of carbonyl (C=O) groups excluding carboxylic acids is 1. The Balaban J connectivity index is 3.09. The van der Waals surface area contributed by atoms with Crippen LogP contribution in [0.1, 0.15) is 29.8 Å². The summed E-state index contributed by atoms with van der Waals surface area (Å²) in [5.74, 6) is -0.128. The highest BCUT2D eigenvalue weighted by atomic mass is 16.5. The van der Waals surface area contributed by atoms with Crippen molar-refractivity contribution in [3.8, 4) is 5.75 Å². The summed E-state index contributed by atoms with van der Waals surface area (Å²) in [5, 5.41) is 9.84. The SMILES string of the molecule is COCc1cccc(C(=O)C(C)C)c1O. The largest absolute Gasteiger partial charge is 0.507 e. The number of benzene rings is 1. The number of aromatic hydroxyl groups is 1. The van der Waals surface area contributed by atoms with Crippen LogP contribution >= 0.6 is 0 Å². The first kappa shape index (κ1) is 11.7. The Bertz CT molecular complexity index is 356. The minimum Gasteiger partial charge on any atom is -0.507 e. The fourth-order valence-electron chi connectivity index (χ4n) is 1.37. The number of hydrogen-bond acceptors (Lipinski definition) is 3. The number of carbonyl (C=O) groups is 1. The van der Waals surface area contributed by atoms with Crippen LogP contribution in [-0.2, 0) is 11.3 Å². The van der Waals surface area contributed by atoms with Gasteiger partial charge in [0.1, 0.15) is 5.75 Å². The van der Waals surface area contributed by atoms with E-state index in [4.69, 9.17) is 4.74 Å². The predicted molar refractivity (Wildman–Crippen MR) is 58.0 cm³/mol. The Hall–Kier alpha value is -1.35. The Labute approximate surface area is 89.7 Å². The van der Waals surface area contributed by atoms with Crippen molar-refractivity contribution in [2.24, 2.45) is 5.92 Å². The normalized spacial score (nSPS) is 10.7. The summed E-state index contributed by atoms with van der Waals surface area (Å²) in [6, 6.07) is 5.14. The topological polar surface area (TPSA) is 46.5 Å². The first-order valence-electron chi connectivity index (χ1n) is 4.92. The molecule has 0 saturated heterocycles. The molecule has 0 amide bonds. The highest BCUT2D eigenvalue weighted by Crippen LogP contribution is 2.25. The molecule has 1 aromatic carbocycles. The quantitative estimate of drug-likeness (QED) is 0.773. The van der Waals surface area contributed by atoms with E-state index in [0.29, 0.717) is 17.7 Å². The lowest BCUT2D eigenvalue weighted by Crippen LogP contribution is -2.08. The van der Waals surface area contributed by atoms with E-state index >= 15 is 0 Å². The van der Waals surface area contributed by atoms with Crippen molar-refractivity contribution in [3.05, 3.63) is 29.3 Å². The van der Waals surface area contributed by atoms with Gasteiger partial charge in [-0.3, -0.25) is 4.79 Å². The summed E-state index contributed by atoms with van der Waals surface area (Å²) in [4.78, 5) is 11.7. The minimum absolute atomic E-state index is 0.0399. The van der Waals surface area contributed by atoms with Gasteiger partial charge in [-0.2, -0.15) is 0 Å². The van der Waals surface area contributed by atoms with Crippen molar-refractivity contribution >= 4 is 5.78 Å². The molecule has 1 aromatic rings. The molecule has 15 heavy (non-hydrogen) atoms. The van der Waals surface area contributed by atoms with Gasteiger partial charge in [0, 0.05) is 18.6 Å². The third-order valence-corrected chi connectivity index (χ3v) is 2.21. The molecular weight excluding hydrogens is 192 g/mol. The van der Waals surface area contributed by atoms with E-state index in [1.165, 1.54) is 0 Å². The van der Waals surface area contributed by atoms with Gasteiger partial charge in [-0.15, -0.1) is 0 Å². The number of ketones is 1. The second kappa shape index (κ2) is 4.94. The summed E-state index contributed by atoms with van der Waals surface area (Å²) < 4.78 is 4.93. The molecule has 1 N–H and O–H groups in total. The standard InChI is InChI=1S/C12H16O3/c1-8(2)11(13)10-6-4-5-9(7-15-3)12(10)14/h4-6,8,14H,7H2,1-3H3. The molecule has 0 aliphatic heterocycles. The summed E-state index contributed by atoms with van der Waals surface area (Å²) in [6.45, 7) is 3.93. The molecule has 0 spiro atoms. The Morgan fingerprint density at radius 3 is 2.67 bits per heavy atom. The average Bonchev–Trinajstić information content (AvgIpc) is 2.20. The smallest absolute Gasteiger partial charge is 0.169 e. The first-order chi connectivity index (χ1) is 7.07. The molecule has 3 heteroatoms. The van der Waals surface area contributed by atoms with Crippen molar-refractivity contribution in [2.75, 3.05) is 7.11 Å². The van der Waals surface area contributed by atoms with Gasteiger partial charge in [-0.05, 0) is 6.07 Å². The Morgan fingerprint density at radius 1 is 1.47 bits per heavy atom. The monoisotopic (exact) mass is 208 g/mol. The maximum atomic E-state index is 11.7. The van der Waals surface area contributed by atoms with E-state index in [9.17, 15) is 9.90 Å². The number of hydrogen-bond donors (Lipinski definition) is 1. The van der Waals surface area contributed by atoms with Crippen LogP contribution in [0.4, 0.5) is 0 Å². The first-order valence-corrected chi connectivity index (χ1v) is 4.92. The zero-order valence-corrected chi connectivity index (χ0v) is 9.28. The van der Waals surface area contributed by atoms with Crippen molar-refractivity contribution in [2.45, 2.75) is 20.5 Å². The van der Waals surface area contributed by atoms with Crippen LogP contribution in [0, 0.1) is 5.92 Å². The molecule has 0 bridgehead atoms. The van der Waals surface area contributed by atoms with Gasteiger partial charge in [0.2, 0.25) is 0 Å². The van der Waals surface area contributed by atoms with E-state index in [0.717, 1.165) is 0 Å². The van der Waals surface area contributed by atoms with Crippen LogP contribution in [-0.4, -0.2) is 18.0 Å². The lowest BCUT2D eigenvalue weighted by molar-refractivity contribution is 0.0936. The second-order valence-electron chi connectivity index (χ2n) is 3.77.